The van der Waals surface area contributed by atoms with E-state index in [1.165, 1.54) is 12.3 Å². The number of piperidine rings is 1. The van der Waals surface area contributed by atoms with Crippen LogP contribution in [0.3, 0.4) is 0 Å². The number of hydrogen-bond donors (Lipinski definition) is 1. The Labute approximate surface area is 110 Å². The van der Waals surface area contributed by atoms with Gasteiger partial charge in [-0.3, -0.25) is 10.1 Å². The molecule has 1 aromatic heterocycles. The number of aromatic nitrogens is 1. The molecule has 7 nitrogen and oxygen atoms in total. The van der Waals surface area contributed by atoms with Gasteiger partial charge >= 0.3 is 5.69 Å². The fourth-order valence-corrected chi connectivity index (χ4v) is 2.24. The largest absolute Gasteiger partial charge is 0.349 e. The Morgan fingerprint density at radius 3 is 3.00 bits per heavy atom. The summed E-state index contributed by atoms with van der Waals surface area (Å²) in [7, 11) is 0. The average molecular weight is 261 g/mol. The maximum atomic E-state index is 11.1. The molecule has 2 atom stereocenters. The van der Waals surface area contributed by atoms with Crippen molar-refractivity contribution in [2.24, 2.45) is 11.7 Å². The van der Waals surface area contributed by atoms with Crippen LogP contribution in [0.15, 0.2) is 12.3 Å². The fraction of sp³-hybridized carbons (Fsp3) is 0.500. The van der Waals surface area contributed by atoms with E-state index in [0.717, 1.165) is 6.42 Å². The molecule has 1 aliphatic rings. The molecule has 0 aromatic carbocycles. The van der Waals surface area contributed by atoms with Gasteiger partial charge in [0.2, 0.25) is 5.82 Å². The number of anilines is 1. The van der Waals surface area contributed by atoms with E-state index in [1.807, 2.05) is 6.07 Å². The molecule has 0 spiro atoms. The van der Waals surface area contributed by atoms with Gasteiger partial charge in [0.1, 0.15) is 11.6 Å². The summed E-state index contributed by atoms with van der Waals surface area (Å²) < 4.78 is 0. The summed E-state index contributed by atoms with van der Waals surface area (Å²) in [4.78, 5) is 16.5. The molecule has 7 heteroatoms. The minimum Gasteiger partial charge on any atom is -0.349 e. The molecule has 2 rings (SSSR count). The molecule has 1 fully saturated rings. The molecule has 1 aromatic rings. The quantitative estimate of drug-likeness (QED) is 0.629. The third kappa shape index (κ3) is 2.48. The highest BCUT2D eigenvalue weighted by atomic mass is 16.6. The van der Waals surface area contributed by atoms with Crippen molar-refractivity contribution in [3.63, 3.8) is 0 Å². The second kappa shape index (κ2) is 5.20. The Morgan fingerprint density at radius 1 is 1.68 bits per heavy atom. The zero-order valence-corrected chi connectivity index (χ0v) is 10.6. The highest BCUT2D eigenvalue weighted by Gasteiger charge is 2.30. The molecule has 1 saturated heterocycles. The van der Waals surface area contributed by atoms with Gasteiger partial charge < -0.3 is 10.6 Å². The van der Waals surface area contributed by atoms with E-state index < -0.39 is 4.92 Å². The lowest BCUT2D eigenvalue weighted by molar-refractivity contribution is -0.384. The van der Waals surface area contributed by atoms with Crippen LogP contribution < -0.4 is 10.6 Å². The standard InChI is InChI=1S/C12H15N5O2/c1-8-3-5-16(7-10(8)14)12-11(17(18)19)9(6-13)2-4-15-12/h2,4,8,10H,3,5,7,14H2,1H3. The molecule has 100 valence electrons. The van der Waals surface area contributed by atoms with Crippen molar-refractivity contribution in [2.75, 3.05) is 18.0 Å². The van der Waals surface area contributed by atoms with Gasteiger partial charge in [0.05, 0.1) is 4.92 Å². The van der Waals surface area contributed by atoms with E-state index in [2.05, 4.69) is 11.9 Å². The van der Waals surface area contributed by atoms with Gasteiger partial charge in [-0.25, -0.2) is 4.98 Å². The predicted molar refractivity (Wildman–Crippen MR) is 69.6 cm³/mol. The molecule has 0 aliphatic carbocycles. The molecule has 0 amide bonds. The lowest BCUT2D eigenvalue weighted by atomic mass is 9.94. The first-order valence-corrected chi connectivity index (χ1v) is 6.08. The van der Waals surface area contributed by atoms with Crippen molar-refractivity contribution < 1.29 is 4.92 Å². The van der Waals surface area contributed by atoms with Crippen LogP contribution in [0, 0.1) is 27.4 Å². The second-order valence-electron chi connectivity index (χ2n) is 4.78. The maximum absolute atomic E-state index is 11.1. The van der Waals surface area contributed by atoms with Crippen LogP contribution >= 0.6 is 0 Å². The smallest absolute Gasteiger partial charge is 0.329 e. The van der Waals surface area contributed by atoms with Crippen LogP contribution in [0.2, 0.25) is 0 Å². The number of nitro groups is 1. The Bertz CT molecular complexity index is 539. The monoisotopic (exact) mass is 261 g/mol. The van der Waals surface area contributed by atoms with Crippen molar-refractivity contribution >= 4 is 11.5 Å². The van der Waals surface area contributed by atoms with E-state index in [1.54, 1.807) is 4.90 Å². The molecule has 2 unspecified atom stereocenters. The summed E-state index contributed by atoms with van der Waals surface area (Å²) in [6.45, 7) is 3.25. The van der Waals surface area contributed by atoms with E-state index in [4.69, 9.17) is 11.0 Å². The normalized spacial score (nSPS) is 22.9. The summed E-state index contributed by atoms with van der Waals surface area (Å²) in [5.41, 5.74) is 5.80. The van der Waals surface area contributed by atoms with Crippen LogP contribution in [0.5, 0.6) is 0 Å². The van der Waals surface area contributed by atoms with Crippen molar-refractivity contribution in [3.8, 4) is 6.07 Å². The van der Waals surface area contributed by atoms with Crippen LogP contribution in [0.1, 0.15) is 18.9 Å². The maximum Gasteiger partial charge on any atom is 0.329 e. The Morgan fingerprint density at radius 2 is 2.42 bits per heavy atom. The van der Waals surface area contributed by atoms with Gasteiger partial charge in [0.25, 0.3) is 0 Å². The number of nitriles is 1. The number of nitrogens with zero attached hydrogens (tertiary/aromatic N) is 4. The fourth-order valence-electron chi connectivity index (χ4n) is 2.24. The predicted octanol–water partition coefficient (Wildman–Crippen LogP) is 1.03. The molecule has 0 radical (unpaired) electrons. The molecular weight excluding hydrogens is 246 g/mol. The zero-order chi connectivity index (χ0) is 14.0. The van der Waals surface area contributed by atoms with E-state index in [0.29, 0.717) is 19.0 Å². The lowest BCUT2D eigenvalue weighted by Gasteiger charge is -2.35. The van der Waals surface area contributed by atoms with Crippen LogP contribution in [-0.4, -0.2) is 29.0 Å². The summed E-state index contributed by atoms with van der Waals surface area (Å²) in [5, 5.41) is 20.1. The van der Waals surface area contributed by atoms with Crippen molar-refractivity contribution in [3.05, 3.63) is 27.9 Å². The van der Waals surface area contributed by atoms with Crippen LogP contribution in [0.4, 0.5) is 11.5 Å². The van der Waals surface area contributed by atoms with Gasteiger partial charge in [0, 0.05) is 25.3 Å². The molecule has 2 N–H and O–H groups in total. The first-order valence-electron chi connectivity index (χ1n) is 6.08. The first-order chi connectivity index (χ1) is 9.04. The Hall–Kier alpha value is -2.20. The molecule has 0 bridgehead atoms. The van der Waals surface area contributed by atoms with E-state index in [9.17, 15) is 10.1 Å². The minimum atomic E-state index is -0.551. The number of pyridine rings is 1. The molecule has 0 saturated carbocycles. The van der Waals surface area contributed by atoms with Gasteiger partial charge in [0.15, 0.2) is 0 Å². The van der Waals surface area contributed by atoms with Crippen molar-refractivity contribution in [1.29, 1.82) is 5.26 Å². The molecule has 19 heavy (non-hydrogen) atoms. The first kappa shape index (κ1) is 13.2. The minimum absolute atomic E-state index is 0.0298. The highest BCUT2D eigenvalue weighted by molar-refractivity contribution is 5.65. The van der Waals surface area contributed by atoms with Crippen LogP contribution in [-0.2, 0) is 0 Å². The van der Waals surface area contributed by atoms with Gasteiger partial charge in [-0.2, -0.15) is 5.26 Å². The third-order valence-corrected chi connectivity index (χ3v) is 3.52. The summed E-state index contributed by atoms with van der Waals surface area (Å²) in [6.07, 6.45) is 2.28. The lowest BCUT2D eigenvalue weighted by Crippen LogP contribution is -2.48. The number of rotatable bonds is 2. The topological polar surface area (TPSA) is 109 Å². The zero-order valence-electron chi connectivity index (χ0n) is 10.6. The second-order valence-corrected chi connectivity index (χ2v) is 4.78. The summed E-state index contributed by atoms with van der Waals surface area (Å²) in [5.74, 6) is 0.626. The number of hydrogen-bond acceptors (Lipinski definition) is 6. The molecule has 1 aliphatic heterocycles. The number of nitrogens with two attached hydrogens (primary N) is 1. The Kier molecular flexibility index (Phi) is 3.62. The van der Waals surface area contributed by atoms with Crippen molar-refractivity contribution in [1.82, 2.24) is 4.98 Å². The average Bonchev–Trinajstić information content (AvgIpc) is 2.40. The van der Waals surface area contributed by atoms with Gasteiger partial charge in [-0.1, -0.05) is 6.92 Å². The highest BCUT2D eigenvalue weighted by Crippen LogP contribution is 2.31. The van der Waals surface area contributed by atoms with E-state index in [-0.39, 0.29) is 23.1 Å². The van der Waals surface area contributed by atoms with Gasteiger partial charge in [-0.15, -0.1) is 0 Å². The SMILES string of the molecule is CC1CCN(c2nccc(C#N)c2[N+](=O)[O-])CC1N. The third-order valence-electron chi connectivity index (χ3n) is 3.52. The van der Waals surface area contributed by atoms with Gasteiger partial charge in [-0.05, 0) is 18.4 Å². The molecular formula is C12H15N5O2. The molecule has 2 heterocycles. The van der Waals surface area contributed by atoms with E-state index >= 15 is 0 Å². The summed E-state index contributed by atoms with van der Waals surface area (Å²) >= 11 is 0. The Balaban J connectivity index is 2.40. The van der Waals surface area contributed by atoms with Crippen molar-refractivity contribution in [2.45, 2.75) is 19.4 Å². The summed E-state index contributed by atoms with van der Waals surface area (Å²) in [6, 6.07) is 3.15. The van der Waals surface area contributed by atoms with Crippen LogP contribution in [0.25, 0.3) is 0 Å².